The summed E-state index contributed by atoms with van der Waals surface area (Å²) >= 11 is 5.38. The van der Waals surface area contributed by atoms with Crippen LogP contribution < -0.4 is 0 Å². The molecule has 0 aliphatic heterocycles. The number of nitrogens with zero attached hydrogens (tertiary/aromatic N) is 1. The van der Waals surface area contributed by atoms with Crippen molar-refractivity contribution in [3.63, 3.8) is 0 Å². The summed E-state index contributed by atoms with van der Waals surface area (Å²) in [5.41, 5.74) is -0.449. The Balaban J connectivity index is 2.51. The number of hydrogen-bond donors (Lipinski definition) is 0. The lowest BCUT2D eigenvalue weighted by Gasteiger charge is -2.37. The molecule has 0 unspecified atom stereocenters. The second-order valence-electron chi connectivity index (χ2n) is 3.84. The Morgan fingerprint density at radius 1 is 1.31 bits per heavy atom. The first-order chi connectivity index (χ1) is 7.59. The molecule has 0 saturated heterocycles. The normalized spacial score (nSPS) is 17.4. The van der Waals surface area contributed by atoms with E-state index in [1.54, 1.807) is 0 Å². The lowest BCUT2D eigenvalue weighted by Crippen LogP contribution is -2.32. The number of aliphatic imine (C=N–C) groups is 1. The van der Waals surface area contributed by atoms with E-state index in [2.05, 4.69) is 4.99 Å². The smallest absolute Gasteiger partial charge is 0.211 e. The van der Waals surface area contributed by atoms with Crippen molar-refractivity contribution in [2.24, 2.45) is 4.99 Å². The first-order valence-electron chi connectivity index (χ1n) is 4.83. The molecule has 2 rings (SSSR count). The number of carbonyl (C=O) groups excluding carboxylic acids is 1. The van der Waals surface area contributed by atoms with Crippen molar-refractivity contribution < 1.29 is 13.6 Å². The van der Waals surface area contributed by atoms with E-state index in [0.29, 0.717) is 18.4 Å². The average Bonchev–Trinajstić information content (AvgIpc) is 2.19. The van der Waals surface area contributed by atoms with Gasteiger partial charge in [-0.2, -0.15) is 4.99 Å². The van der Waals surface area contributed by atoms with E-state index in [-0.39, 0.29) is 0 Å². The first kappa shape index (κ1) is 11.2. The third kappa shape index (κ3) is 1.64. The molecule has 1 saturated carbocycles. The molecule has 1 aromatic carbocycles. The van der Waals surface area contributed by atoms with Crippen LogP contribution >= 0.6 is 11.6 Å². The number of benzene rings is 1. The van der Waals surface area contributed by atoms with E-state index in [4.69, 9.17) is 11.6 Å². The Labute approximate surface area is 95.9 Å². The maximum Gasteiger partial charge on any atom is 0.235 e. The SMILES string of the molecule is O=C=NC1(c2cc(F)c(Cl)c(F)c2)CCC1. The summed E-state index contributed by atoms with van der Waals surface area (Å²) in [6.07, 6.45) is 3.53. The lowest BCUT2D eigenvalue weighted by atomic mass is 9.72. The van der Waals surface area contributed by atoms with E-state index >= 15 is 0 Å². The predicted molar refractivity (Wildman–Crippen MR) is 55.0 cm³/mol. The maximum atomic E-state index is 13.3. The van der Waals surface area contributed by atoms with Crippen LogP contribution in [0.4, 0.5) is 8.78 Å². The van der Waals surface area contributed by atoms with Crippen molar-refractivity contribution in [2.45, 2.75) is 24.8 Å². The van der Waals surface area contributed by atoms with Gasteiger partial charge >= 0.3 is 0 Å². The Morgan fingerprint density at radius 3 is 2.25 bits per heavy atom. The van der Waals surface area contributed by atoms with Gasteiger partial charge in [0, 0.05) is 0 Å². The van der Waals surface area contributed by atoms with Gasteiger partial charge in [-0.15, -0.1) is 0 Å². The van der Waals surface area contributed by atoms with E-state index in [1.165, 1.54) is 6.08 Å². The molecule has 5 heteroatoms. The van der Waals surface area contributed by atoms with Gasteiger partial charge in [-0.3, -0.25) is 0 Å². The molecule has 0 radical (unpaired) electrons. The molecule has 84 valence electrons. The van der Waals surface area contributed by atoms with Gasteiger partial charge in [-0.25, -0.2) is 13.6 Å². The summed E-state index contributed by atoms with van der Waals surface area (Å²) in [6, 6.07) is 2.26. The van der Waals surface area contributed by atoms with E-state index in [9.17, 15) is 13.6 Å². The van der Waals surface area contributed by atoms with Crippen molar-refractivity contribution in [3.05, 3.63) is 34.4 Å². The third-order valence-electron chi connectivity index (χ3n) is 2.96. The molecule has 1 aromatic rings. The van der Waals surface area contributed by atoms with Crippen LogP contribution in [0.25, 0.3) is 0 Å². The molecule has 2 nitrogen and oxygen atoms in total. The fraction of sp³-hybridized carbons (Fsp3) is 0.364. The van der Waals surface area contributed by atoms with E-state index < -0.39 is 22.2 Å². The monoisotopic (exact) mass is 243 g/mol. The van der Waals surface area contributed by atoms with E-state index in [0.717, 1.165) is 18.6 Å². The zero-order valence-electron chi connectivity index (χ0n) is 8.27. The number of rotatable bonds is 2. The minimum Gasteiger partial charge on any atom is -0.211 e. The lowest BCUT2D eigenvalue weighted by molar-refractivity contribution is 0.254. The molecule has 0 atom stereocenters. The van der Waals surface area contributed by atoms with Gasteiger partial charge in [-0.1, -0.05) is 11.6 Å². The number of isocyanates is 1. The minimum atomic E-state index is -0.830. The van der Waals surface area contributed by atoms with Gasteiger partial charge in [-0.05, 0) is 37.0 Å². The second-order valence-corrected chi connectivity index (χ2v) is 4.22. The fourth-order valence-corrected chi connectivity index (χ4v) is 2.00. The van der Waals surface area contributed by atoms with Crippen LogP contribution in [-0.2, 0) is 10.3 Å². The van der Waals surface area contributed by atoms with E-state index in [1.807, 2.05) is 0 Å². The summed E-state index contributed by atoms with van der Waals surface area (Å²) in [7, 11) is 0. The number of hydrogen-bond acceptors (Lipinski definition) is 2. The van der Waals surface area contributed by atoms with Gasteiger partial charge in [0.2, 0.25) is 6.08 Å². The highest BCUT2D eigenvalue weighted by molar-refractivity contribution is 6.30. The first-order valence-corrected chi connectivity index (χ1v) is 5.21. The average molecular weight is 244 g/mol. The summed E-state index contributed by atoms with van der Waals surface area (Å²) < 4.78 is 26.5. The molecule has 1 aliphatic rings. The van der Waals surface area contributed by atoms with Crippen molar-refractivity contribution in [3.8, 4) is 0 Å². The Morgan fingerprint density at radius 2 is 1.88 bits per heavy atom. The van der Waals surface area contributed by atoms with Crippen LogP contribution in [0, 0.1) is 11.6 Å². The zero-order chi connectivity index (χ0) is 11.8. The molecular weight excluding hydrogens is 236 g/mol. The molecule has 0 bridgehead atoms. The molecule has 1 fully saturated rings. The Bertz CT molecular complexity index is 456. The van der Waals surface area contributed by atoms with Gasteiger partial charge in [0.15, 0.2) is 0 Å². The van der Waals surface area contributed by atoms with Crippen LogP contribution in [0.2, 0.25) is 5.02 Å². The van der Waals surface area contributed by atoms with Crippen LogP contribution in [0.5, 0.6) is 0 Å². The summed E-state index contributed by atoms with van der Waals surface area (Å²) in [5.74, 6) is -1.66. The molecule has 1 aliphatic carbocycles. The highest BCUT2D eigenvalue weighted by atomic mass is 35.5. The largest absolute Gasteiger partial charge is 0.235 e. The quantitative estimate of drug-likeness (QED) is 0.445. The molecule has 0 N–H and O–H groups in total. The maximum absolute atomic E-state index is 13.3. The number of halogens is 3. The summed E-state index contributed by atoms with van der Waals surface area (Å²) in [4.78, 5) is 14.0. The van der Waals surface area contributed by atoms with Crippen molar-refractivity contribution in [1.29, 1.82) is 0 Å². The molecule has 16 heavy (non-hydrogen) atoms. The summed E-state index contributed by atoms with van der Waals surface area (Å²) in [6.45, 7) is 0. The van der Waals surface area contributed by atoms with Crippen LogP contribution in [0.3, 0.4) is 0 Å². The molecule has 0 spiro atoms. The van der Waals surface area contributed by atoms with Gasteiger partial charge in [0.25, 0.3) is 0 Å². The van der Waals surface area contributed by atoms with Crippen molar-refractivity contribution in [1.82, 2.24) is 0 Å². The topological polar surface area (TPSA) is 29.4 Å². The zero-order valence-corrected chi connectivity index (χ0v) is 9.02. The molecule has 0 heterocycles. The highest BCUT2D eigenvalue weighted by Gasteiger charge is 2.39. The van der Waals surface area contributed by atoms with Gasteiger partial charge < -0.3 is 0 Å². The fourth-order valence-electron chi connectivity index (χ4n) is 1.89. The van der Waals surface area contributed by atoms with Gasteiger partial charge in [0.1, 0.15) is 16.7 Å². The van der Waals surface area contributed by atoms with Crippen LogP contribution in [0.15, 0.2) is 17.1 Å². The third-order valence-corrected chi connectivity index (χ3v) is 3.32. The minimum absolute atomic E-state index is 0.349. The highest BCUT2D eigenvalue weighted by Crippen LogP contribution is 2.45. The molecule has 0 amide bonds. The molecular formula is C11H8ClF2NO. The van der Waals surface area contributed by atoms with Crippen molar-refractivity contribution >= 4 is 17.7 Å². The summed E-state index contributed by atoms with van der Waals surface area (Å²) in [5, 5.41) is -0.534. The van der Waals surface area contributed by atoms with Crippen LogP contribution in [-0.4, -0.2) is 6.08 Å². The molecule has 0 aromatic heterocycles. The van der Waals surface area contributed by atoms with Gasteiger partial charge in [0.05, 0.1) is 5.54 Å². The van der Waals surface area contributed by atoms with Crippen LogP contribution in [0.1, 0.15) is 24.8 Å². The predicted octanol–water partition coefficient (Wildman–Crippen LogP) is 3.33. The Hall–Kier alpha value is -1.25. The van der Waals surface area contributed by atoms with Crippen molar-refractivity contribution in [2.75, 3.05) is 0 Å². The second kappa shape index (κ2) is 3.96. The standard InChI is InChI=1S/C11H8ClF2NO/c12-10-8(13)4-7(5-9(10)14)11(15-6-16)2-1-3-11/h4-5H,1-3H2. The Kier molecular flexibility index (Phi) is 2.78.